The first-order chi connectivity index (χ1) is 5.49. The van der Waals surface area contributed by atoms with Crippen molar-refractivity contribution in [3.8, 4) is 0 Å². The molecule has 0 aliphatic carbocycles. The molecular formula is C6H11ClF3NO. The molecule has 0 fully saturated rings. The highest BCUT2D eigenvalue weighted by atomic mass is 35.5. The molecule has 6 heteroatoms. The minimum Gasteiger partial charge on any atom is -0.395 e. The molecule has 0 bridgehead atoms. The van der Waals surface area contributed by atoms with E-state index in [1.165, 1.54) is 0 Å². The van der Waals surface area contributed by atoms with Gasteiger partial charge in [0.1, 0.15) is 0 Å². The minimum absolute atomic E-state index is 0.00618. The Kier molecular flexibility index (Phi) is 5.61. The molecule has 0 atom stereocenters. The lowest BCUT2D eigenvalue weighted by atomic mass is 10.4. The molecule has 0 aromatic heterocycles. The Hall–Kier alpha value is -0.0000000000000000555. The van der Waals surface area contributed by atoms with Gasteiger partial charge in [0, 0.05) is 19.0 Å². The number of hydrogen-bond acceptors (Lipinski definition) is 2. The molecule has 0 spiro atoms. The fraction of sp³-hybridized carbons (Fsp3) is 1.00. The maximum atomic E-state index is 11.8. The Bertz CT molecular complexity index is 114. The largest absolute Gasteiger partial charge is 0.401 e. The Morgan fingerprint density at radius 2 is 1.83 bits per heavy atom. The van der Waals surface area contributed by atoms with Gasteiger partial charge in [-0.15, -0.1) is 11.6 Å². The number of rotatable bonds is 5. The third-order valence-corrected chi connectivity index (χ3v) is 1.39. The van der Waals surface area contributed by atoms with E-state index in [4.69, 9.17) is 16.7 Å². The van der Waals surface area contributed by atoms with Crippen molar-refractivity contribution in [1.82, 2.24) is 4.90 Å². The van der Waals surface area contributed by atoms with Crippen LogP contribution in [0.25, 0.3) is 0 Å². The fourth-order valence-corrected chi connectivity index (χ4v) is 1.02. The van der Waals surface area contributed by atoms with Gasteiger partial charge < -0.3 is 5.11 Å². The molecule has 0 aliphatic rings. The van der Waals surface area contributed by atoms with Crippen LogP contribution in [0.4, 0.5) is 13.2 Å². The van der Waals surface area contributed by atoms with E-state index in [2.05, 4.69) is 0 Å². The molecule has 0 rings (SSSR count). The van der Waals surface area contributed by atoms with Gasteiger partial charge >= 0.3 is 6.18 Å². The topological polar surface area (TPSA) is 23.5 Å². The van der Waals surface area contributed by atoms with Gasteiger partial charge in [-0.1, -0.05) is 0 Å². The van der Waals surface area contributed by atoms with Crippen molar-refractivity contribution in [1.29, 1.82) is 0 Å². The first-order valence-electron chi connectivity index (χ1n) is 3.45. The third kappa shape index (κ3) is 6.69. The van der Waals surface area contributed by atoms with E-state index in [0.29, 0.717) is 0 Å². The second-order valence-electron chi connectivity index (χ2n) is 2.30. The van der Waals surface area contributed by atoms with Crippen LogP contribution in [-0.2, 0) is 0 Å². The highest BCUT2D eigenvalue weighted by molar-refractivity contribution is 6.18. The summed E-state index contributed by atoms with van der Waals surface area (Å²) in [7, 11) is 0. The monoisotopic (exact) mass is 205 g/mol. The van der Waals surface area contributed by atoms with E-state index in [-0.39, 0.29) is 25.6 Å². The van der Waals surface area contributed by atoms with E-state index in [0.717, 1.165) is 4.90 Å². The normalized spacial score (nSPS) is 12.5. The summed E-state index contributed by atoms with van der Waals surface area (Å²) in [5, 5.41) is 8.41. The second kappa shape index (κ2) is 5.61. The molecule has 1 N–H and O–H groups in total. The number of halogens is 4. The Balaban J connectivity index is 3.77. The Labute approximate surface area is 73.9 Å². The molecule has 0 saturated heterocycles. The summed E-state index contributed by atoms with van der Waals surface area (Å²) < 4.78 is 35.4. The fourth-order valence-electron chi connectivity index (χ4n) is 0.784. The summed E-state index contributed by atoms with van der Waals surface area (Å²) in [5.74, 6) is 0.135. The molecule has 12 heavy (non-hydrogen) atoms. The summed E-state index contributed by atoms with van der Waals surface area (Å²) in [6.07, 6.45) is -4.22. The maximum Gasteiger partial charge on any atom is 0.401 e. The molecule has 0 aromatic carbocycles. The lowest BCUT2D eigenvalue weighted by molar-refractivity contribution is -0.146. The summed E-state index contributed by atoms with van der Waals surface area (Å²) in [5.41, 5.74) is 0. The minimum atomic E-state index is -4.22. The van der Waals surface area contributed by atoms with Gasteiger partial charge in [0.05, 0.1) is 13.2 Å². The maximum absolute atomic E-state index is 11.8. The highest BCUT2D eigenvalue weighted by Gasteiger charge is 2.29. The SMILES string of the molecule is OCCN(CCCl)CC(F)(F)F. The van der Waals surface area contributed by atoms with Crippen molar-refractivity contribution in [2.45, 2.75) is 6.18 Å². The van der Waals surface area contributed by atoms with Crippen LogP contribution in [0.2, 0.25) is 0 Å². The molecular weight excluding hydrogens is 195 g/mol. The van der Waals surface area contributed by atoms with E-state index in [1.807, 2.05) is 0 Å². The van der Waals surface area contributed by atoms with Crippen molar-refractivity contribution in [3.05, 3.63) is 0 Å². The number of hydrogen-bond donors (Lipinski definition) is 1. The van der Waals surface area contributed by atoms with Crippen molar-refractivity contribution in [2.75, 3.05) is 32.1 Å². The quantitative estimate of drug-likeness (QED) is 0.679. The van der Waals surface area contributed by atoms with Crippen LogP contribution in [0.3, 0.4) is 0 Å². The van der Waals surface area contributed by atoms with Crippen molar-refractivity contribution in [3.63, 3.8) is 0 Å². The van der Waals surface area contributed by atoms with Crippen molar-refractivity contribution in [2.24, 2.45) is 0 Å². The standard InChI is InChI=1S/C6H11ClF3NO/c7-1-2-11(3-4-12)5-6(8,9)10/h12H,1-5H2. The van der Waals surface area contributed by atoms with Gasteiger partial charge in [-0.2, -0.15) is 13.2 Å². The van der Waals surface area contributed by atoms with Crippen LogP contribution in [0, 0.1) is 0 Å². The first kappa shape index (κ1) is 12.0. The zero-order valence-corrected chi connectivity index (χ0v) is 7.20. The molecule has 0 radical (unpaired) electrons. The van der Waals surface area contributed by atoms with E-state index >= 15 is 0 Å². The predicted molar refractivity (Wildman–Crippen MR) is 40.3 cm³/mol. The Morgan fingerprint density at radius 1 is 1.25 bits per heavy atom. The predicted octanol–water partition coefficient (Wildman–Crippen LogP) is 1.08. The summed E-state index contributed by atoms with van der Waals surface area (Å²) >= 11 is 5.27. The molecule has 0 aromatic rings. The molecule has 0 aliphatic heterocycles. The van der Waals surface area contributed by atoms with Crippen LogP contribution in [0.1, 0.15) is 0 Å². The number of aliphatic hydroxyl groups is 1. The van der Waals surface area contributed by atoms with E-state index in [9.17, 15) is 13.2 Å². The number of nitrogens with zero attached hydrogens (tertiary/aromatic N) is 1. The van der Waals surface area contributed by atoms with Crippen LogP contribution in [0.15, 0.2) is 0 Å². The van der Waals surface area contributed by atoms with Gasteiger partial charge in [0.15, 0.2) is 0 Å². The van der Waals surface area contributed by atoms with Crippen LogP contribution < -0.4 is 0 Å². The zero-order valence-electron chi connectivity index (χ0n) is 6.44. The van der Waals surface area contributed by atoms with Gasteiger partial charge in [-0.25, -0.2) is 0 Å². The van der Waals surface area contributed by atoms with Gasteiger partial charge in [0.25, 0.3) is 0 Å². The summed E-state index contributed by atoms with van der Waals surface area (Å²) in [6.45, 7) is -1.15. The van der Waals surface area contributed by atoms with Crippen LogP contribution in [0.5, 0.6) is 0 Å². The average molecular weight is 206 g/mol. The molecule has 0 heterocycles. The van der Waals surface area contributed by atoms with Crippen molar-refractivity contribution >= 4 is 11.6 Å². The first-order valence-corrected chi connectivity index (χ1v) is 3.99. The van der Waals surface area contributed by atoms with Gasteiger partial charge in [-0.05, 0) is 0 Å². The summed E-state index contributed by atoms with van der Waals surface area (Å²) in [6, 6.07) is 0. The van der Waals surface area contributed by atoms with Crippen LogP contribution >= 0.6 is 11.6 Å². The molecule has 0 unspecified atom stereocenters. The van der Waals surface area contributed by atoms with E-state index in [1.54, 1.807) is 0 Å². The second-order valence-corrected chi connectivity index (χ2v) is 2.68. The highest BCUT2D eigenvalue weighted by Crippen LogP contribution is 2.15. The van der Waals surface area contributed by atoms with Gasteiger partial charge in [0.2, 0.25) is 0 Å². The Morgan fingerprint density at radius 3 is 2.17 bits per heavy atom. The van der Waals surface area contributed by atoms with Crippen LogP contribution in [-0.4, -0.2) is 48.3 Å². The molecule has 0 saturated carbocycles. The number of alkyl halides is 4. The lowest BCUT2D eigenvalue weighted by Crippen LogP contribution is -2.37. The molecule has 74 valence electrons. The molecule has 2 nitrogen and oxygen atoms in total. The zero-order chi connectivity index (χ0) is 9.61. The third-order valence-electron chi connectivity index (χ3n) is 1.22. The lowest BCUT2D eigenvalue weighted by Gasteiger charge is -2.21. The smallest absolute Gasteiger partial charge is 0.395 e. The van der Waals surface area contributed by atoms with E-state index < -0.39 is 12.7 Å². The number of aliphatic hydroxyl groups excluding tert-OH is 1. The van der Waals surface area contributed by atoms with Gasteiger partial charge in [-0.3, -0.25) is 4.90 Å². The molecule has 0 amide bonds. The summed E-state index contributed by atoms with van der Waals surface area (Å²) in [4.78, 5) is 1.06. The average Bonchev–Trinajstić information content (AvgIpc) is 1.84. The van der Waals surface area contributed by atoms with Crippen molar-refractivity contribution < 1.29 is 18.3 Å².